The van der Waals surface area contributed by atoms with E-state index in [1.807, 2.05) is 34.1 Å². The van der Waals surface area contributed by atoms with Crippen molar-refractivity contribution in [3.05, 3.63) is 71.5 Å². The molecule has 0 radical (unpaired) electrons. The van der Waals surface area contributed by atoms with Gasteiger partial charge in [0.1, 0.15) is 18.1 Å². The first-order chi connectivity index (χ1) is 16.0. The maximum Gasteiger partial charge on any atom is 0.237 e. The number of rotatable bonds is 13. The molecule has 1 N–H and O–H groups in total. The van der Waals surface area contributed by atoms with Crippen LogP contribution in [-0.2, 0) is 11.2 Å². The molecule has 0 bridgehead atoms. The molecule has 2 aromatic rings. The van der Waals surface area contributed by atoms with Crippen LogP contribution in [0.25, 0.3) is 0 Å². The molecule has 2 atom stereocenters. The Hall–Kier alpha value is -2.61. The van der Waals surface area contributed by atoms with E-state index in [2.05, 4.69) is 24.6 Å². The molecule has 0 unspecified atom stereocenters. The third-order valence-electron chi connectivity index (χ3n) is 5.78. The Morgan fingerprint density at radius 2 is 2.15 bits per heavy atom. The van der Waals surface area contributed by atoms with Gasteiger partial charge in [0.05, 0.1) is 25.8 Å². The van der Waals surface area contributed by atoms with Gasteiger partial charge >= 0.3 is 0 Å². The van der Waals surface area contributed by atoms with Gasteiger partial charge < -0.3 is 19.5 Å². The number of ether oxygens (including phenoxy) is 2. The van der Waals surface area contributed by atoms with Crippen LogP contribution in [0.3, 0.4) is 0 Å². The Morgan fingerprint density at radius 3 is 2.91 bits per heavy atom. The van der Waals surface area contributed by atoms with E-state index >= 15 is 0 Å². The summed E-state index contributed by atoms with van der Waals surface area (Å²) in [4.78, 5) is 18.6. The zero-order valence-corrected chi connectivity index (χ0v) is 20.1. The minimum atomic E-state index is -0.507. The molecule has 0 saturated heterocycles. The molecule has 0 fully saturated rings. The highest BCUT2D eigenvalue weighted by Gasteiger charge is 2.33. The second-order valence-corrected chi connectivity index (χ2v) is 9.15. The number of benzene rings is 1. The number of hydrogen-bond donors (Lipinski definition) is 1. The standard InChI is InChI=1S/C26H34N2O4S/c1-4-6-8-20(29)17-27(13-5-2)18-26(30)28-14-11-25-23(12-15-33-25)24(28)19-32-22-10-7-9-21(16-22)31-3/h4-5,7,9-10,12,15-16,20,24,29H,1-2,6,8,11,13-14,17-19H2,3H3/t20-,24+/m0/s1. The molecule has 1 aliphatic rings. The van der Waals surface area contributed by atoms with Gasteiger partial charge in [0.25, 0.3) is 0 Å². The summed E-state index contributed by atoms with van der Waals surface area (Å²) in [6.07, 6.45) is 5.28. The van der Waals surface area contributed by atoms with Crippen LogP contribution < -0.4 is 9.47 Å². The lowest BCUT2D eigenvalue weighted by atomic mass is 10.0. The van der Waals surface area contributed by atoms with Crippen LogP contribution in [0.4, 0.5) is 0 Å². The van der Waals surface area contributed by atoms with Crippen molar-refractivity contribution in [2.75, 3.05) is 39.9 Å². The monoisotopic (exact) mass is 470 g/mol. The Kier molecular flexibility index (Phi) is 9.54. The number of amides is 1. The van der Waals surface area contributed by atoms with Crippen molar-refractivity contribution in [3.63, 3.8) is 0 Å². The average Bonchev–Trinajstić information content (AvgIpc) is 3.30. The van der Waals surface area contributed by atoms with Gasteiger partial charge in [-0.3, -0.25) is 9.69 Å². The molecule has 2 heterocycles. The summed E-state index contributed by atoms with van der Waals surface area (Å²) < 4.78 is 11.4. The number of carbonyl (C=O) groups is 1. The number of methoxy groups -OCH3 is 1. The average molecular weight is 471 g/mol. The summed E-state index contributed by atoms with van der Waals surface area (Å²) in [7, 11) is 1.63. The number of hydrogen-bond acceptors (Lipinski definition) is 6. The van der Waals surface area contributed by atoms with E-state index in [0.717, 1.165) is 24.2 Å². The summed E-state index contributed by atoms with van der Waals surface area (Å²) in [6.45, 7) is 9.73. The van der Waals surface area contributed by atoms with Crippen molar-refractivity contribution in [3.8, 4) is 11.5 Å². The van der Waals surface area contributed by atoms with Crippen molar-refractivity contribution in [1.82, 2.24) is 9.80 Å². The SMILES string of the molecule is C=CCC[C@H](O)CN(CC=C)CC(=O)N1CCc2sccc2[C@H]1COc1cccc(OC)c1. The molecular weight excluding hydrogens is 436 g/mol. The molecule has 0 aliphatic carbocycles. The maximum atomic E-state index is 13.4. The van der Waals surface area contributed by atoms with E-state index < -0.39 is 6.10 Å². The Labute approximate surface area is 200 Å². The normalized spacial score (nSPS) is 16.2. The molecule has 1 aromatic carbocycles. The summed E-state index contributed by atoms with van der Waals surface area (Å²) in [5, 5.41) is 12.4. The topological polar surface area (TPSA) is 62.2 Å². The molecule has 1 amide bonds. The Balaban J connectivity index is 1.70. The fraction of sp³-hybridized carbons (Fsp3) is 0.423. The first kappa shape index (κ1) is 25.0. The van der Waals surface area contributed by atoms with Crippen molar-refractivity contribution in [2.45, 2.75) is 31.4 Å². The molecule has 0 spiro atoms. The van der Waals surface area contributed by atoms with Crippen LogP contribution in [0.2, 0.25) is 0 Å². The maximum absolute atomic E-state index is 13.4. The molecule has 3 rings (SSSR count). The first-order valence-electron chi connectivity index (χ1n) is 11.3. The van der Waals surface area contributed by atoms with Crippen LogP contribution in [0.15, 0.2) is 61.0 Å². The molecule has 33 heavy (non-hydrogen) atoms. The van der Waals surface area contributed by atoms with Crippen LogP contribution in [-0.4, -0.2) is 66.8 Å². The smallest absolute Gasteiger partial charge is 0.237 e. The second-order valence-electron chi connectivity index (χ2n) is 8.14. The van der Waals surface area contributed by atoms with E-state index in [1.165, 1.54) is 4.88 Å². The number of aliphatic hydroxyl groups is 1. The van der Waals surface area contributed by atoms with Gasteiger partial charge in [0.15, 0.2) is 0 Å². The molecule has 1 aliphatic heterocycles. The summed E-state index contributed by atoms with van der Waals surface area (Å²) >= 11 is 1.73. The zero-order valence-electron chi connectivity index (χ0n) is 19.3. The van der Waals surface area contributed by atoms with Crippen molar-refractivity contribution in [2.24, 2.45) is 0 Å². The Morgan fingerprint density at radius 1 is 1.33 bits per heavy atom. The number of thiophene rings is 1. The third-order valence-corrected chi connectivity index (χ3v) is 6.78. The van der Waals surface area contributed by atoms with Crippen molar-refractivity contribution in [1.29, 1.82) is 0 Å². The van der Waals surface area contributed by atoms with Crippen molar-refractivity contribution >= 4 is 17.2 Å². The largest absolute Gasteiger partial charge is 0.497 e. The lowest BCUT2D eigenvalue weighted by Crippen LogP contribution is -2.47. The number of nitrogens with zero attached hydrogens (tertiary/aromatic N) is 2. The van der Waals surface area contributed by atoms with Gasteiger partial charge in [-0.05, 0) is 48.4 Å². The molecule has 1 aromatic heterocycles. The van der Waals surface area contributed by atoms with Gasteiger partial charge in [-0.25, -0.2) is 0 Å². The van der Waals surface area contributed by atoms with Crippen LogP contribution in [0, 0.1) is 0 Å². The fourth-order valence-electron chi connectivity index (χ4n) is 4.11. The number of aliphatic hydroxyl groups excluding tert-OH is 1. The van der Waals surface area contributed by atoms with Crippen LogP contribution in [0.5, 0.6) is 11.5 Å². The first-order valence-corrected chi connectivity index (χ1v) is 12.2. The van der Waals surface area contributed by atoms with Gasteiger partial charge in [-0.1, -0.05) is 18.2 Å². The van der Waals surface area contributed by atoms with E-state index in [1.54, 1.807) is 30.6 Å². The molecule has 178 valence electrons. The highest BCUT2D eigenvalue weighted by Crippen LogP contribution is 2.34. The second kappa shape index (κ2) is 12.6. The molecular formula is C26H34N2O4S. The summed E-state index contributed by atoms with van der Waals surface area (Å²) in [5.74, 6) is 1.47. The minimum absolute atomic E-state index is 0.0314. The summed E-state index contributed by atoms with van der Waals surface area (Å²) in [5.41, 5.74) is 1.16. The molecule has 0 saturated carbocycles. The number of carbonyl (C=O) groups excluding carboxylic acids is 1. The van der Waals surface area contributed by atoms with E-state index in [4.69, 9.17) is 9.47 Å². The third kappa shape index (κ3) is 6.93. The fourth-order valence-corrected chi connectivity index (χ4v) is 5.04. The van der Waals surface area contributed by atoms with Crippen molar-refractivity contribution < 1.29 is 19.4 Å². The lowest BCUT2D eigenvalue weighted by molar-refractivity contribution is -0.136. The quantitative estimate of drug-likeness (QED) is 0.447. The summed E-state index contributed by atoms with van der Waals surface area (Å²) in [6, 6.07) is 9.44. The lowest BCUT2D eigenvalue weighted by Gasteiger charge is -2.37. The zero-order chi connectivity index (χ0) is 23.6. The van der Waals surface area contributed by atoms with Gasteiger partial charge in [0.2, 0.25) is 5.91 Å². The predicted octanol–water partition coefficient (Wildman–Crippen LogP) is 4.08. The van der Waals surface area contributed by atoms with Gasteiger partial charge in [0, 0.05) is 30.6 Å². The number of fused-ring (bicyclic) bond motifs is 1. The minimum Gasteiger partial charge on any atom is -0.497 e. The highest BCUT2D eigenvalue weighted by atomic mass is 32.1. The van der Waals surface area contributed by atoms with Gasteiger partial charge in [-0.2, -0.15) is 0 Å². The van der Waals surface area contributed by atoms with E-state index in [9.17, 15) is 9.90 Å². The van der Waals surface area contributed by atoms with Crippen LogP contribution >= 0.6 is 11.3 Å². The van der Waals surface area contributed by atoms with Crippen LogP contribution in [0.1, 0.15) is 29.3 Å². The van der Waals surface area contributed by atoms with E-state index in [-0.39, 0.29) is 18.5 Å². The number of allylic oxidation sites excluding steroid dienone is 1. The van der Waals surface area contributed by atoms with Gasteiger partial charge in [-0.15, -0.1) is 24.5 Å². The predicted molar refractivity (Wildman–Crippen MR) is 133 cm³/mol. The molecule has 7 heteroatoms. The highest BCUT2D eigenvalue weighted by molar-refractivity contribution is 7.10. The molecule has 6 nitrogen and oxygen atoms in total. The Bertz CT molecular complexity index is 929. The van der Waals surface area contributed by atoms with E-state index in [0.29, 0.717) is 38.4 Å².